The van der Waals surface area contributed by atoms with Crippen molar-refractivity contribution in [2.24, 2.45) is 5.73 Å². The number of nitrogens with zero attached hydrogens (tertiary/aromatic N) is 1. The number of sulfonamides is 1. The Bertz CT molecular complexity index is 1450. The Hall–Kier alpha value is -3.80. The number of benzene rings is 3. The molecule has 1 fully saturated rings. The number of piperidine rings is 1. The Kier molecular flexibility index (Phi) is 8.95. The number of amides is 2. The molecule has 0 saturated carbocycles. The molecule has 1 saturated heterocycles. The minimum Gasteiger partial charge on any atom is -0.394 e. The lowest BCUT2D eigenvalue weighted by molar-refractivity contribution is -0.137. The first kappa shape index (κ1) is 28.2. The molecule has 3 aromatic rings. The average molecular weight is 552 g/mol. The van der Waals surface area contributed by atoms with E-state index in [-0.39, 0.29) is 23.1 Å². The quantitative estimate of drug-likeness (QED) is 0.189. The van der Waals surface area contributed by atoms with Crippen LogP contribution >= 0.6 is 0 Å². The molecule has 3 aromatic carbocycles. The van der Waals surface area contributed by atoms with Gasteiger partial charge in [-0.05, 0) is 47.7 Å². The van der Waals surface area contributed by atoms with Crippen LogP contribution in [-0.2, 0) is 26.0 Å². The van der Waals surface area contributed by atoms with Gasteiger partial charge >= 0.3 is 0 Å². The van der Waals surface area contributed by atoms with Crippen molar-refractivity contribution < 1.29 is 23.1 Å². The van der Waals surface area contributed by atoms with Gasteiger partial charge in [-0.15, -0.1) is 0 Å². The van der Waals surface area contributed by atoms with E-state index >= 15 is 0 Å². The molecule has 10 nitrogen and oxygen atoms in total. The van der Waals surface area contributed by atoms with E-state index in [9.17, 15) is 23.1 Å². The maximum Gasteiger partial charge on any atom is 0.245 e. The minimum absolute atomic E-state index is 0.0426. The Balaban J connectivity index is 1.52. The maximum absolute atomic E-state index is 13.4. The van der Waals surface area contributed by atoms with Crippen LogP contribution < -0.4 is 15.8 Å². The van der Waals surface area contributed by atoms with Gasteiger partial charge in [0.05, 0.1) is 11.5 Å². The van der Waals surface area contributed by atoms with E-state index < -0.39 is 34.6 Å². The highest BCUT2D eigenvalue weighted by Gasteiger charge is 2.31. The molecular formula is C28H33N5O5S. The molecule has 2 amide bonds. The van der Waals surface area contributed by atoms with Crippen LogP contribution in [-0.4, -0.2) is 67.9 Å². The fourth-order valence-electron chi connectivity index (χ4n) is 4.63. The van der Waals surface area contributed by atoms with Crippen molar-refractivity contribution >= 4 is 38.4 Å². The van der Waals surface area contributed by atoms with Crippen LogP contribution in [0.3, 0.4) is 0 Å². The first-order valence-corrected chi connectivity index (χ1v) is 14.3. The Morgan fingerprint density at radius 3 is 2.26 bits per heavy atom. The summed E-state index contributed by atoms with van der Waals surface area (Å²) in [5, 5.41) is 21.8. The number of hydrogen-bond acceptors (Lipinski definition) is 6. The summed E-state index contributed by atoms with van der Waals surface area (Å²) in [5.74, 6) is -1.16. The molecule has 0 aliphatic carbocycles. The van der Waals surface area contributed by atoms with Crippen LogP contribution in [0.5, 0.6) is 0 Å². The molecule has 1 heterocycles. The second-order valence-corrected chi connectivity index (χ2v) is 11.3. The van der Waals surface area contributed by atoms with E-state index in [2.05, 4.69) is 10.0 Å². The molecule has 11 heteroatoms. The monoisotopic (exact) mass is 551 g/mol. The van der Waals surface area contributed by atoms with Crippen LogP contribution in [0.25, 0.3) is 10.8 Å². The first-order chi connectivity index (χ1) is 18.7. The van der Waals surface area contributed by atoms with Crippen molar-refractivity contribution in [1.82, 2.24) is 14.9 Å². The predicted octanol–water partition coefficient (Wildman–Crippen LogP) is 1.50. The molecule has 0 spiro atoms. The number of fused-ring (bicyclic) bond motifs is 1. The number of likely N-dealkylation sites (tertiary alicyclic amines) is 1. The van der Waals surface area contributed by atoms with Gasteiger partial charge in [0.15, 0.2) is 0 Å². The summed E-state index contributed by atoms with van der Waals surface area (Å²) in [7, 11) is -4.15. The molecule has 1 aliphatic heterocycles. The lowest BCUT2D eigenvalue weighted by atomic mass is 10.0. The summed E-state index contributed by atoms with van der Waals surface area (Å²) in [6.07, 6.45) is 2.90. The molecule has 0 aromatic heterocycles. The van der Waals surface area contributed by atoms with Gasteiger partial charge in [0.2, 0.25) is 21.8 Å². The van der Waals surface area contributed by atoms with Crippen molar-refractivity contribution in [1.29, 1.82) is 5.41 Å². The number of nitrogens with one attached hydrogen (secondary N) is 3. The third kappa shape index (κ3) is 6.99. The fourth-order valence-corrected chi connectivity index (χ4v) is 5.85. The third-order valence-corrected chi connectivity index (χ3v) is 8.28. The Morgan fingerprint density at radius 1 is 0.949 bits per heavy atom. The van der Waals surface area contributed by atoms with Crippen molar-refractivity contribution in [3.63, 3.8) is 0 Å². The number of hydrogen-bond donors (Lipinski definition) is 5. The molecule has 0 radical (unpaired) electrons. The number of aliphatic hydroxyl groups excluding tert-OH is 1. The first-order valence-electron chi connectivity index (χ1n) is 12.8. The summed E-state index contributed by atoms with van der Waals surface area (Å²) in [5.41, 5.74) is 6.79. The zero-order valence-electron chi connectivity index (χ0n) is 21.5. The van der Waals surface area contributed by atoms with Gasteiger partial charge in [-0.2, -0.15) is 4.72 Å². The topological polar surface area (TPSA) is 166 Å². The highest BCUT2D eigenvalue weighted by molar-refractivity contribution is 7.89. The van der Waals surface area contributed by atoms with Gasteiger partial charge in [-0.3, -0.25) is 15.0 Å². The summed E-state index contributed by atoms with van der Waals surface area (Å²) in [6.45, 7) is 0.357. The Labute approximate surface area is 227 Å². The minimum atomic E-state index is -4.15. The lowest BCUT2D eigenvalue weighted by Gasteiger charge is -2.31. The van der Waals surface area contributed by atoms with Gasteiger partial charge in [0.25, 0.3) is 0 Å². The predicted molar refractivity (Wildman–Crippen MR) is 149 cm³/mol. The number of aliphatic hydroxyl groups is 1. The number of carbonyl (C=O) groups is 2. The molecule has 39 heavy (non-hydrogen) atoms. The second-order valence-electron chi connectivity index (χ2n) is 9.63. The third-order valence-electron chi connectivity index (χ3n) is 6.81. The molecule has 1 aliphatic rings. The van der Waals surface area contributed by atoms with E-state index in [0.717, 1.165) is 30.2 Å². The second kappa shape index (κ2) is 12.4. The Morgan fingerprint density at radius 2 is 1.62 bits per heavy atom. The molecule has 0 unspecified atom stereocenters. The van der Waals surface area contributed by atoms with Crippen molar-refractivity contribution in [2.75, 3.05) is 19.7 Å². The summed E-state index contributed by atoms with van der Waals surface area (Å²) in [6, 6.07) is 16.2. The lowest BCUT2D eigenvalue weighted by Crippen LogP contribution is -2.56. The van der Waals surface area contributed by atoms with Gasteiger partial charge in [-0.25, -0.2) is 8.42 Å². The summed E-state index contributed by atoms with van der Waals surface area (Å²) in [4.78, 5) is 28.3. The number of nitrogen functional groups attached to an aromatic ring is 1. The van der Waals surface area contributed by atoms with Gasteiger partial charge in [-0.1, -0.05) is 54.6 Å². The molecule has 4 rings (SSSR count). The summed E-state index contributed by atoms with van der Waals surface area (Å²) < 4.78 is 28.5. The van der Waals surface area contributed by atoms with Gasteiger partial charge in [0.1, 0.15) is 17.9 Å². The highest BCUT2D eigenvalue weighted by atomic mass is 32.2. The van der Waals surface area contributed by atoms with E-state index in [1.165, 1.54) is 12.1 Å². The van der Waals surface area contributed by atoms with Crippen LogP contribution in [0.15, 0.2) is 71.6 Å². The smallest absolute Gasteiger partial charge is 0.245 e. The largest absolute Gasteiger partial charge is 0.394 e. The summed E-state index contributed by atoms with van der Waals surface area (Å²) >= 11 is 0. The standard InChI is InChI=1S/C28H33N5O5S/c29-26(30)21-10-8-19(9-11-21)16-24(28(36)33-14-4-1-5-15-33)31-27(35)25(18-34)32-39(37,38)23-13-12-20-6-2-3-7-22(20)17-23/h2-3,6-13,17,24-25,32,34H,1,4-5,14-16,18H2,(H3,29,30)(H,31,35)/t24-,25-/m0/s1. The number of rotatable bonds is 10. The number of amidine groups is 1. The molecular weight excluding hydrogens is 518 g/mol. The fraction of sp³-hybridized carbons (Fsp3) is 0.321. The van der Waals surface area contributed by atoms with E-state index in [1.807, 2.05) is 12.1 Å². The zero-order chi connectivity index (χ0) is 28.0. The van der Waals surface area contributed by atoms with Crippen LogP contribution in [0.1, 0.15) is 30.4 Å². The van der Waals surface area contributed by atoms with Gasteiger partial charge in [0, 0.05) is 25.1 Å². The SMILES string of the molecule is N=C(N)c1ccc(C[C@H](NC(=O)[C@H](CO)NS(=O)(=O)c2ccc3ccccc3c2)C(=O)N2CCCCC2)cc1. The molecule has 2 atom stereocenters. The van der Waals surface area contributed by atoms with Gasteiger partial charge < -0.3 is 21.1 Å². The average Bonchev–Trinajstić information content (AvgIpc) is 2.95. The van der Waals surface area contributed by atoms with Crippen LogP contribution in [0.2, 0.25) is 0 Å². The molecule has 0 bridgehead atoms. The van der Waals surface area contributed by atoms with Crippen LogP contribution in [0, 0.1) is 5.41 Å². The zero-order valence-corrected chi connectivity index (χ0v) is 22.3. The number of carbonyl (C=O) groups excluding carboxylic acids is 2. The number of nitrogens with two attached hydrogens (primary N) is 1. The van der Waals surface area contributed by atoms with E-state index in [0.29, 0.717) is 24.0 Å². The van der Waals surface area contributed by atoms with Crippen LogP contribution in [0.4, 0.5) is 0 Å². The van der Waals surface area contributed by atoms with E-state index in [1.54, 1.807) is 47.4 Å². The van der Waals surface area contributed by atoms with Crippen molar-refractivity contribution in [2.45, 2.75) is 42.7 Å². The van der Waals surface area contributed by atoms with Crippen molar-refractivity contribution in [3.05, 3.63) is 77.9 Å². The molecule has 6 N–H and O–H groups in total. The normalized spacial score (nSPS) is 15.5. The highest BCUT2D eigenvalue weighted by Crippen LogP contribution is 2.19. The van der Waals surface area contributed by atoms with E-state index in [4.69, 9.17) is 11.1 Å². The maximum atomic E-state index is 13.4. The van der Waals surface area contributed by atoms with Crippen molar-refractivity contribution in [3.8, 4) is 0 Å². The molecule has 206 valence electrons.